The maximum Gasteiger partial charge on any atom is 0.394 e. The SMILES string of the molecule is O=C(O)[C@@H]1CN(C(=O)Cc2ccccc2F)C[C@H]1C(F)(F)F. The lowest BCUT2D eigenvalue weighted by Crippen LogP contribution is -2.34. The fourth-order valence-corrected chi connectivity index (χ4v) is 2.51. The van der Waals surface area contributed by atoms with Crippen LogP contribution in [0.5, 0.6) is 0 Å². The molecule has 0 unspecified atom stereocenters. The summed E-state index contributed by atoms with van der Waals surface area (Å²) >= 11 is 0. The van der Waals surface area contributed by atoms with E-state index in [1.807, 2.05) is 0 Å². The van der Waals surface area contributed by atoms with Gasteiger partial charge in [-0.2, -0.15) is 13.2 Å². The highest BCUT2D eigenvalue weighted by Gasteiger charge is 2.53. The van der Waals surface area contributed by atoms with Gasteiger partial charge in [0.05, 0.1) is 18.3 Å². The summed E-state index contributed by atoms with van der Waals surface area (Å²) in [7, 11) is 0. The van der Waals surface area contributed by atoms with Gasteiger partial charge in [0.2, 0.25) is 5.91 Å². The Kier molecular flexibility index (Phi) is 4.39. The number of hydrogen-bond acceptors (Lipinski definition) is 2. The van der Waals surface area contributed by atoms with Crippen molar-refractivity contribution in [3.8, 4) is 0 Å². The lowest BCUT2D eigenvalue weighted by molar-refractivity contribution is -0.188. The van der Waals surface area contributed by atoms with E-state index in [0.717, 1.165) is 11.0 Å². The van der Waals surface area contributed by atoms with E-state index < -0.39 is 55.2 Å². The second-order valence-corrected chi connectivity index (χ2v) is 5.16. The van der Waals surface area contributed by atoms with Crippen molar-refractivity contribution in [2.75, 3.05) is 13.1 Å². The number of benzene rings is 1. The number of carbonyl (C=O) groups is 2. The molecule has 22 heavy (non-hydrogen) atoms. The number of carboxylic acids is 1. The summed E-state index contributed by atoms with van der Waals surface area (Å²) in [6.45, 7) is -1.24. The molecule has 0 saturated carbocycles. The second kappa shape index (κ2) is 5.94. The van der Waals surface area contributed by atoms with Crippen molar-refractivity contribution in [1.82, 2.24) is 4.90 Å². The van der Waals surface area contributed by atoms with Crippen LogP contribution in [0.25, 0.3) is 0 Å². The summed E-state index contributed by atoms with van der Waals surface area (Å²) in [5, 5.41) is 8.88. The van der Waals surface area contributed by atoms with Gasteiger partial charge in [-0.05, 0) is 11.6 Å². The average molecular weight is 319 g/mol. The fraction of sp³-hybridized carbons (Fsp3) is 0.429. The molecule has 0 aliphatic carbocycles. The van der Waals surface area contributed by atoms with E-state index in [0.29, 0.717) is 0 Å². The van der Waals surface area contributed by atoms with Crippen LogP contribution in [0.1, 0.15) is 5.56 Å². The Morgan fingerprint density at radius 2 is 1.86 bits per heavy atom. The molecule has 1 aromatic rings. The van der Waals surface area contributed by atoms with E-state index in [-0.39, 0.29) is 5.56 Å². The van der Waals surface area contributed by atoms with Crippen LogP contribution in [0.3, 0.4) is 0 Å². The van der Waals surface area contributed by atoms with E-state index in [2.05, 4.69) is 0 Å². The van der Waals surface area contributed by atoms with Crippen molar-refractivity contribution >= 4 is 11.9 Å². The van der Waals surface area contributed by atoms with E-state index >= 15 is 0 Å². The minimum Gasteiger partial charge on any atom is -0.481 e. The number of nitrogens with zero attached hydrogens (tertiary/aromatic N) is 1. The molecule has 0 radical (unpaired) electrons. The Hall–Kier alpha value is -2.12. The summed E-state index contributed by atoms with van der Waals surface area (Å²) in [5.74, 6) is -6.73. The number of rotatable bonds is 3. The number of aliphatic carboxylic acids is 1. The quantitative estimate of drug-likeness (QED) is 0.868. The number of amides is 1. The van der Waals surface area contributed by atoms with Crippen LogP contribution in [0.15, 0.2) is 24.3 Å². The Labute approximate surface area is 123 Å². The molecule has 1 fully saturated rings. The molecule has 0 spiro atoms. The largest absolute Gasteiger partial charge is 0.481 e. The van der Waals surface area contributed by atoms with E-state index in [1.165, 1.54) is 18.2 Å². The maximum absolute atomic E-state index is 13.5. The number of alkyl halides is 3. The van der Waals surface area contributed by atoms with Crippen LogP contribution < -0.4 is 0 Å². The monoisotopic (exact) mass is 319 g/mol. The highest BCUT2D eigenvalue weighted by molar-refractivity contribution is 5.81. The Balaban J connectivity index is 2.12. The van der Waals surface area contributed by atoms with E-state index in [9.17, 15) is 27.2 Å². The molecular formula is C14H13F4NO3. The zero-order valence-corrected chi connectivity index (χ0v) is 11.3. The van der Waals surface area contributed by atoms with Gasteiger partial charge in [0.15, 0.2) is 0 Å². The summed E-state index contributed by atoms with van der Waals surface area (Å²) in [6, 6.07) is 5.44. The van der Waals surface area contributed by atoms with Crippen molar-refractivity contribution in [2.24, 2.45) is 11.8 Å². The normalized spacial score (nSPS) is 21.9. The number of carboxylic acid groups (broad SMARTS) is 1. The van der Waals surface area contributed by atoms with Crippen LogP contribution in [0, 0.1) is 17.7 Å². The number of likely N-dealkylation sites (tertiary alicyclic amines) is 1. The van der Waals surface area contributed by atoms with Gasteiger partial charge >= 0.3 is 12.1 Å². The molecule has 120 valence electrons. The summed E-state index contributed by atoms with van der Waals surface area (Å²) in [5.41, 5.74) is 0.0647. The van der Waals surface area contributed by atoms with E-state index in [1.54, 1.807) is 0 Å². The zero-order chi connectivity index (χ0) is 16.5. The predicted octanol–water partition coefficient (Wildman–Crippen LogP) is 2.09. The highest BCUT2D eigenvalue weighted by Crippen LogP contribution is 2.37. The molecule has 2 atom stereocenters. The molecule has 1 amide bonds. The van der Waals surface area contributed by atoms with Gasteiger partial charge in [0.25, 0.3) is 0 Å². The second-order valence-electron chi connectivity index (χ2n) is 5.16. The number of halogens is 4. The van der Waals surface area contributed by atoms with Crippen molar-refractivity contribution in [3.05, 3.63) is 35.6 Å². The van der Waals surface area contributed by atoms with Crippen molar-refractivity contribution in [1.29, 1.82) is 0 Å². The molecule has 1 aromatic carbocycles. The molecule has 1 saturated heterocycles. The van der Waals surface area contributed by atoms with E-state index in [4.69, 9.17) is 5.11 Å². The first-order valence-electron chi connectivity index (χ1n) is 6.51. The average Bonchev–Trinajstić information content (AvgIpc) is 2.86. The van der Waals surface area contributed by atoms with Crippen molar-refractivity contribution in [2.45, 2.75) is 12.6 Å². The van der Waals surface area contributed by atoms with Gasteiger partial charge in [-0.1, -0.05) is 18.2 Å². The first-order chi connectivity index (χ1) is 10.2. The van der Waals surface area contributed by atoms with Gasteiger partial charge in [-0.25, -0.2) is 4.39 Å². The minimum atomic E-state index is -4.70. The summed E-state index contributed by atoms with van der Waals surface area (Å²) in [6.07, 6.45) is -5.10. The van der Waals surface area contributed by atoms with Gasteiger partial charge in [0.1, 0.15) is 5.82 Å². The standard InChI is InChI=1S/C14H13F4NO3/c15-11-4-2-1-3-8(11)5-12(20)19-6-9(13(21)22)10(7-19)14(16,17)18/h1-4,9-10H,5-7H2,(H,21,22)/t9-,10-/m1/s1. The molecule has 4 nitrogen and oxygen atoms in total. The number of hydrogen-bond donors (Lipinski definition) is 1. The molecule has 1 aliphatic rings. The molecule has 0 bridgehead atoms. The summed E-state index contributed by atoms with van der Waals surface area (Å²) < 4.78 is 52.0. The van der Waals surface area contributed by atoms with Crippen LogP contribution in [0.2, 0.25) is 0 Å². The zero-order valence-electron chi connectivity index (χ0n) is 11.3. The van der Waals surface area contributed by atoms with Crippen molar-refractivity contribution in [3.63, 3.8) is 0 Å². The molecular weight excluding hydrogens is 306 g/mol. The third kappa shape index (κ3) is 3.37. The Morgan fingerprint density at radius 1 is 1.23 bits per heavy atom. The minimum absolute atomic E-state index is 0.0647. The van der Waals surface area contributed by atoms with Gasteiger partial charge in [0, 0.05) is 13.1 Å². The van der Waals surface area contributed by atoms with Crippen LogP contribution in [-0.4, -0.2) is 41.1 Å². The highest BCUT2D eigenvalue weighted by atomic mass is 19.4. The lowest BCUT2D eigenvalue weighted by atomic mass is 9.96. The maximum atomic E-state index is 13.5. The summed E-state index contributed by atoms with van der Waals surface area (Å²) in [4.78, 5) is 23.8. The van der Waals surface area contributed by atoms with Gasteiger partial charge in [-0.15, -0.1) is 0 Å². The smallest absolute Gasteiger partial charge is 0.394 e. The third-order valence-corrected chi connectivity index (χ3v) is 3.71. The lowest BCUT2D eigenvalue weighted by Gasteiger charge is -2.18. The first-order valence-corrected chi connectivity index (χ1v) is 6.51. The molecule has 1 heterocycles. The van der Waals surface area contributed by atoms with Crippen molar-refractivity contribution < 1.29 is 32.3 Å². The first kappa shape index (κ1) is 16.3. The van der Waals surface area contributed by atoms with Gasteiger partial charge < -0.3 is 10.0 Å². The fourth-order valence-electron chi connectivity index (χ4n) is 2.51. The molecule has 2 rings (SSSR count). The Morgan fingerprint density at radius 3 is 2.36 bits per heavy atom. The molecule has 8 heteroatoms. The van der Waals surface area contributed by atoms with Crippen LogP contribution in [-0.2, 0) is 16.0 Å². The van der Waals surface area contributed by atoms with Crippen LogP contribution >= 0.6 is 0 Å². The van der Waals surface area contributed by atoms with Crippen LogP contribution in [0.4, 0.5) is 17.6 Å². The number of carbonyl (C=O) groups excluding carboxylic acids is 1. The van der Waals surface area contributed by atoms with Gasteiger partial charge in [-0.3, -0.25) is 9.59 Å². The molecule has 1 N–H and O–H groups in total. The molecule has 0 aromatic heterocycles. The Bertz CT molecular complexity index is 588. The predicted molar refractivity (Wildman–Crippen MR) is 67.4 cm³/mol. The molecule has 1 aliphatic heterocycles. The topological polar surface area (TPSA) is 57.6 Å². The third-order valence-electron chi connectivity index (χ3n) is 3.71.